The standard InChI is InChI=1S/C27H26N4O4S/c1-3-16-35-22-12-8-19(9-13-22)17-28-30-25(32)18-36-27-29-24-7-5-4-6-23(24)26(33)31(27)20-10-14-21(34-2)15-11-20/h4-15,17H,3,16,18H2,1-2H3,(H,30,32). The highest BCUT2D eigenvalue weighted by Crippen LogP contribution is 2.22. The molecule has 8 nitrogen and oxygen atoms in total. The average Bonchev–Trinajstić information content (AvgIpc) is 2.91. The zero-order valence-corrected chi connectivity index (χ0v) is 20.8. The van der Waals surface area contributed by atoms with Crippen LogP contribution in [-0.4, -0.2) is 41.1 Å². The van der Waals surface area contributed by atoms with Crippen molar-refractivity contribution < 1.29 is 14.3 Å². The molecule has 1 heterocycles. The first-order valence-electron chi connectivity index (χ1n) is 11.4. The molecule has 9 heteroatoms. The first-order valence-corrected chi connectivity index (χ1v) is 12.4. The van der Waals surface area contributed by atoms with E-state index in [0.717, 1.165) is 29.5 Å². The van der Waals surface area contributed by atoms with E-state index in [1.54, 1.807) is 55.8 Å². The van der Waals surface area contributed by atoms with Gasteiger partial charge in [-0.15, -0.1) is 0 Å². The molecule has 0 saturated carbocycles. The monoisotopic (exact) mass is 502 g/mol. The molecule has 1 N–H and O–H groups in total. The van der Waals surface area contributed by atoms with E-state index in [1.807, 2.05) is 30.3 Å². The molecule has 0 bridgehead atoms. The van der Waals surface area contributed by atoms with Crippen molar-refractivity contribution in [3.05, 3.63) is 88.7 Å². The van der Waals surface area contributed by atoms with Gasteiger partial charge in [0.2, 0.25) is 0 Å². The number of methoxy groups -OCH3 is 1. The second-order valence-corrected chi connectivity index (χ2v) is 8.69. The number of benzene rings is 3. The van der Waals surface area contributed by atoms with Crippen molar-refractivity contribution in [1.82, 2.24) is 15.0 Å². The predicted octanol–water partition coefficient (Wildman–Crippen LogP) is 4.43. The fourth-order valence-electron chi connectivity index (χ4n) is 3.38. The molecule has 1 aromatic heterocycles. The molecular formula is C27H26N4O4S. The van der Waals surface area contributed by atoms with Crippen LogP contribution in [0.25, 0.3) is 16.6 Å². The van der Waals surface area contributed by atoms with Crippen molar-refractivity contribution in [1.29, 1.82) is 0 Å². The van der Waals surface area contributed by atoms with Crippen LogP contribution in [0.2, 0.25) is 0 Å². The Balaban J connectivity index is 1.47. The largest absolute Gasteiger partial charge is 0.497 e. The maximum Gasteiger partial charge on any atom is 0.266 e. The number of hydrogen-bond acceptors (Lipinski definition) is 7. The molecule has 0 aliphatic heterocycles. The van der Waals surface area contributed by atoms with Gasteiger partial charge in [0.15, 0.2) is 5.16 Å². The lowest BCUT2D eigenvalue weighted by molar-refractivity contribution is -0.118. The minimum absolute atomic E-state index is 0.0298. The Morgan fingerprint density at radius 1 is 1.06 bits per heavy atom. The number of rotatable bonds is 10. The van der Waals surface area contributed by atoms with E-state index in [-0.39, 0.29) is 17.2 Å². The number of amides is 1. The lowest BCUT2D eigenvalue weighted by Gasteiger charge is -2.13. The van der Waals surface area contributed by atoms with Gasteiger partial charge >= 0.3 is 0 Å². The second kappa shape index (κ2) is 12.0. The van der Waals surface area contributed by atoms with Crippen molar-refractivity contribution in [2.75, 3.05) is 19.5 Å². The summed E-state index contributed by atoms with van der Waals surface area (Å²) < 4.78 is 12.3. The van der Waals surface area contributed by atoms with Crippen molar-refractivity contribution in [3.8, 4) is 17.2 Å². The number of nitrogens with one attached hydrogen (secondary N) is 1. The van der Waals surface area contributed by atoms with Gasteiger partial charge in [0.1, 0.15) is 11.5 Å². The first-order chi connectivity index (χ1) is 17.6. The summed E-state index contributed by atoms with van der Waals surface area (Å²) in [5.74, 6) is 1.18. The third-order valence-corrected chi connectivity index (χ3v) is 6.10. The third-order valence-electron chi connectivity index (χ3n) is 5.16. The van der Waals surface area contributed by atoms with Crippen LogP contribution >= 0.6 is 11.8 Å². The number of carbonyl (C=O) groups excluding carboxylic acids is 1. The molecule has 0 aliphatic carbocycles. The summed E-state index contributed by atoms with van der Waals surface area (Å²) in [5.41, 5.74) is 4.34. The molecule has 1 amide bonds. The Bertz CT molecular complexity index is 1420. The normalized spacial score (nSPS) is 11.1. The molecule has 0 spiro atoms. The highest BCUT2D eigenvalue weighted by atomic mass is 32.2. The first kappa shape index (κ1) is 25.0. The molecule has 184 valence electrons. The van der Waals surface area contributed by atoms with Crippen LogP contribution in [0.15, 0.2) is 87.8 Å². The highest BCUT2D eigenvalue weighted by Gasteiger charge is 2.15. The van der Waals surface area contributed by atoms with Crippen LogP contribution in [0, 0.1) is 0 Å². The molecule has 4 rings (SSSR count). The Morgan fingerprint density at radius 3 is 2.50 bits per heavy atom. The predicted molar refractivity (Wildman–Crippen MR) is 143 cm³/mol. The molecule has 0 unspecified atom stereocenters. The zero-order chi connectivity index (χ0) is 25.3. The summed E-state index contributed by atoms with van der Waals surface area (Å²) in [6.45, 7) is 2.72. The second-order valence-electron chi connectivity index (χ2n) is 7.75. The molecule has 0 aliphatic rings. The van der Waals surface area contributed by atoms with E-state index < -0.39 is 0 Å². The number of hydrazone groups is 1. The van der Waals surface area contributed by atoms with E-state index in [0.29, 0.717) is 34.1 Å². The lowest BCUT2D eigenvalue weighted by Crippen LogP contribution is -2.24. The minimum atomic E-state index is -0.317. The number of nitrogens with zero attached hydrogens (tertiary/aromatic N) is 3. The van der Waals surface area contributed by atoms with Crippen molar-refractivity contribution in [3.63, 3.8) is 0 Å². The average molecular weight is 503 g/mol. The summed E-state index contributed by atoms with van der Waals surface area (Å²) >= 11 is 1.16. The molecule has 4 aromatic rings. The number of hydrogen-bond donors (Lipinski definition) is 1. The van der Waals surface area contributed by atoms with Gasteiger partial charge < -0.3 is 9.47 Å². The molecule has 0 saturated heterocycles. The fourth-order valence-corrected chi connectivity index (χ4v) is 4.18. The van der Waals surface area contributed by atoms with E-state index in [2.05, 4.69) is 22.4 Å². The van der Waals surface area contributed by atoms with Crippen LogP contribution in [0.3, 0.4) is 0 Å². The summed E-state index contributed by atoms with van der Waals surface area (Å²) in [6, 6.07) is 21.7. The molecule has 36 heavy (non-hydrogen) atoms. The SMILES string of the molecule is CCCOc1ccc(C=NNC(=O)CSc2nc3ccccc3c(=O)n2-c2ccc(OC)cc2)cc1. The Hall–Kier alpha value is -4.11. The number of ether oxygens (including phenoxy) is 2. The van der Waals surface area contributed by atoms with Gasteiger partial charge in [0, 0.05) is 0 Å². The molecule has 0 radical (unpaired) electrons. The third kappa shape index (κ3) is 6.11. The van der Waals surface area contributed by atoms with Gasteiger partial charge in [-0.3, -0.25) is 14.2 Å². The topological polar surface area (TPSA) is 94.8 Å². The Labute approximate surface area is 213 Å². The molecule has 0 atom stereocenters. The number of para-hydroxylation sites is 1. The summed E-state index contributed by atoms with van der Waals surface area (Å²) in [6.07, 6.45) is 2.51. The maximum absolute atomic E-state index is 13.3. The highest BCUT2D eigenvalue weighted by molar-refractivity contribution is 7.99. The van der Waals surface area contributed by atoms with Gasteiger partial charge in [0.05, 0.1) is 42.3 Å². The quantitative estimate of drug-likeness (QED) is 0.149. The van der Waals surface area contributed by atoms with Crippen molar-refractivity contribution in [2.24, 2.45) is 5.10 Å². The smallest absolute Gasteiger partial charge is 0.266 e. The van der Waals surface area contributed by atoms with Crippen LogP contribution in [0.1, 0.15) is 18.9 Å². The van der Waals surface area contributed by atoms with Crippen molar-refractivity contribution >= 4 is 34.8 Å². The zero-order valence-electron chi connectivity index (χ0n) is 20.0. The number of carbonyl (C=O) groups is 1. The van der Waals surface area contributed by atoms with Crippen molar-refractivity contribution in [2.45, 2.75) is 18.5 Å². The lowest BCUT2D eigenvalue weighted by atomic mass is 10.2. The van der Waals surface area contributed by atoms with E-state index in [1.165, 1.54) is 4.57 Å². The Morgan fingerprint density at radius 2 is 1.78 bits per heavy atom. The molecular weight excluding hydrogens is 476 g/mol. The maximum atomic E-state index is 13.3. The van der Waals surface area contributed by atoms with Gasteiger partial charge in [0.25, 0.3) is 11.5 Å². The summed E-state index contributed by atoms with van der Waals surface area (Å²) in [4.78, 5) is 30.4. The van der Waals surface area contributed by atoms with Crippen LogP contribution < -0.4 is 20.5 Å². The number of aromatic nitrogens is 2. The van der Waals surface area contributed by atoms with Crippen LogP contribution in [0.5, 0.6) is 11.5 Å². The minimum Gasteiger partial charge on any atom is -0.497 e. The van der Waals surface area contributed by atoms with E-state index in [4.69, 9.17) is 9.47 Å². The Kier molecular flexibility index (Phi) is 8.36. The molecule has 0 fully saturated rings. The van der Waals surface area contributed by atoms with Gasteiger partial charge in [-0.2, -0.15) is 5.10 Å². The van der Waals surface area contributed by atoms with Gasteiger partial charge in [-0.1, -0.05) is 30.8 Å². The van der Waals surface area contributed by atoms with E-state index in [9.17, 15) is 9.59 Å². The van der Waals surface area contributed by atoms with Crippen LogP contribution in [-0.2, 0) is 4.79 Å². The number of fused-ring (bicyclic) bond motifs is 1. The van der Waals surface area contributed by atoms with Gasteiger partial charge in [-0.05, 0) is 72.6 Å². The summed E-state index contributed by atoms with van der Waals surface area (Å²) in [5, 5.41) is 4.94. The fraction of sp³-hybridized carbons (Fsp3) is 0.185. The summed E-state index contributed by atoms with van der Waals surface area (Å²) in [7, 11) is 1.58. The van der Waals surface area contributed by atoms with Crippen LogP contribution in [0.4, 0.5) is 0 Å². The van der Waals surface area contributed by atoms with Gasteiger partial charge in [-0.25, -0.2) is 10.4 Å². The molecule has 3 aromatic carbocycles. The van der Waals surface area contributed by atoms with E-state index >= 15 is 0 Å². The number of thioether (sulfide) groups is 1.